The standard InChI is InChI=1S/C33H35N/c1-22-13-11-12-16-30(22)34(32(3,4)5)31-21-27-26-18-17-25(24-14-9-8-10-15-24)20-29(26)33(6,7)28(27)19-23(31)2/h8-21H,1-7H3. The largest absolute Gasteiger partial charge is 0.336 e. The third-order valence-electron chi connectivity index (χ3n) is 7.37. The first kappa shape index (κ1) is 22.5. The lowest BCUT2D eigenvalue weighted by Gasteiger charge is -2.40. The molecule has 0 aliphatic heterocycles. The topological polar surface area (TPSA) is 3.24 Å². The van der Waals surface area contributed by atoms with E-state index in [1.54, 1.807) is 0 Å². The SMILES string of the molecule is Cc1ccccc1N(c1cc2c(cc1C)C(C)(C)c1cc(-c3ccccc3)ccc1-2)C(C)(C)C. The molecule has 0 bridgehead atoms. The summed E-state index contributed by atoms with van der Waals surface area (Å²) in [5.74, 6) is 0. The summed E-state index contributed by atoms with van der Waals surface area (Å²) in [4.78, 5) is 2.52. The Balaban J connectivity index is 1.71. The van der Waals surface area contributed by atoms with E-state index in [1.165, 1.54) is 55.9 Å². The molecule has 5 rings (SSSR count). The molecule has 34 heavy (non-hydrogen) atoms. The first-order valence-corrected chi connectivity index (χ1v) is 12.3. The summed E-state index contributed by atoms with van der Waals surface area (Å²) in [6.45, 7) is 16.1. The number of aryl methyl sites for hydroxylation is 2. The minimum Gasteiger partial charge on any atom is -0.336 e. The van der Waals surface area contributed by atoms with Crippen molar-refractivity contribution in [2.45, 2.75) is 59.4 Å². The van der Waals surface area contributed by atoms with Gasteiger partial charge in [-0.1, -0.05) is 80.6 Å². The maximum absolute atomic E-state index is 2.52. The Morgan fingerprint density at radius 2 is 1.24 bits per heavy atom. The van der Waals surface area contributed by atoms with Crippen molar-refractivity contribution in [3.05, 3.63) is 107 Å². The van der Waals surface area contributed by atoms with Crippen LogP contribution in [0.25, 0.3) is 22.3 Å². The predicted molar refractivity (Wildman–Crippen MR) is 147 cm³/mol. The smallest absolute Gasteiger partial charge is 0.0451 e. The van der Waals surface area contributed by atoms with E-state index < -0.39 is 0 Å². The highest BCUT2D eigenvalue weighted by atomic mass is 15.2. The normalized spacial score (nSPS) is 14.0. The number of anilines is 2. The molecule has 4 aromatic carbocycles. The highest BCUT2D eigenvalue weighted by Gasteiger charge is 2.37. The Kier molecular flexibility index (Phi) is 5.20. The van der Waals surface area contributed by atoms with Gasteiger partial charge in [-0.25, -0.2) is 0 Å². The molecule has 1 nitrogen and oxygen atoms in total. The number of benzene rings is 4. The van der Waals surface area contributed by atoms with Gasteiger partial charge in [0.15, 0.2) is 0 Å². The lowest BCUT2D eigenvalue weighted by Crippen LogP contribution is -2.38. The lowest BCUT2D eigenvalue weighted by molar-refractivity contribution is 0.558. The van der Waals surface area contributed by atoms with Crippen LogP contribution in [0.1, 0.15) is 56.9 Å². The van der Waals surface area contributed by atoms with Gasteiger partial charge < -0.3 is 4.90 Å². The van der Waals surface area contributed by atoms with Gasteiger partial charge in [-0.3, -0.25) is 0 Å². The van der Waals surface area contributed by atoms with Crippen LogP contribution in [0.5, 0.6) is 0 Å². The molecule has 0 radical (unpaired) electrons. The molecular weight excluding hydrogens is 410 g/mol. The van der Waals surface area contributed by atoms with Gasteiger partial charge in [0.05, 0.1) is 0 Å². The number of rotatable bonds is 3. The van der Waals surface area contributed by atoms with Crippen LogP contribution in [0.3, 0.4) is 0 Å². The van der Waals surface area contributed by atoms with Crippen molar-refractivity contribution >= 4 is 11.4 Å². The molecule has 0 N–H and O–H groups in total. The molecule has 0 heterocycles. The first-order chi connectivity index (χ1) is 16.1. The minimum absolute atomic E-state index is 0.0338. The number of para-hydroxylation sites is 1. The molecule has 0 aromatic heterocycles. The highest BCUT2D eigenvalue weighted by Crippen LogP contribution is 2.52. The van der Waals surface area contributed by atoms with Gasteiger partial charge >= 0.3 is 0 Å². The van der Waals surface area contributed by atoms with Gasteiger partial charge in [0.2, 0.25) is 0 Å². The first-order valence-electron chi connectivity index (χ1n) is 12.3. The highest BCUT2D eigenvalue weighted by molar-refractivity contribution is 5.87. The second-order valence-corrected chi connectivity index (χ2v) is 11.2. The Bertz CT molecular complexity index is 1370. The third kappa shape index (κ3) is 3.55. The second-order valence-electron chi connectivity index (χ2n) is 11.2. The Hall–Kier alpha value is -3.32. The fourth-order valence-corrected chi connectivity index (χ4v) is 5.60. The van der Waals surface area contributed by atoms with Crippen molar-refractivity contribution < 1.29 is 0 Å². The van der Waals surface area contributed by atoms with Gasteiger partial charge in [0.1, 0.15) is 0 Å². The third-order valence-corrected chi connectivity index (χ3v) is 7.37. The van der Waals surface area contributed by atoms with Crippen molar-refractivity contribution in [2.75, 3.05) is 4.90 Å². The Morgan fingerprint density at radius 3 is 1.91 bits per heavy atom. The van der Waals surface area contributed by atoms with Crippen LogP contribution in [0.4, 0.5) is 11.4 Å². The predicted octanol–water partition coefficient (Wildman–Crippen LogP) is 9.21. The molecule has 0 amide bonds. The van der Waals surface area contributed by atoms with E-state index in [4.69, 9.17) is 0 Å². The quantitative estimate of drug-likeness (QED) is 0.304. The number of fused-ring (bicyclic) bond motifs is 3. The molecule has 0 saturated carbocycles. The van der Waals surface area contributed by atoms with E-state index in [0.29, 0.717) is 0 Å². The van der Waals surface area contributed by atoms with Crippen LogP contribution < -0.4 is 4.90 Å². The summed E-state index contributed by atoms with van der Waals surface area (Å²) in [5.41, 5.74) is 13.2. The fourth-order valence-electron chi connectivity index (χ4n) is 5.60. The van der Waals surface area contributed by atoms with Gasteiger partial charge in [0, 0.05) is 22.3 Å². The summed E-state index contributed by atoms with van der Waals surface area (Å²) in [7, 11) is 0. The summed E-state index contributed by atoms with van der Waals surface area (Å²) in [5, 5.41) is 0. The minimum atomic E-state index is -0.0563. The van der Waals surface area contributed by atoms with Crippen molar-refractivity contribution in [2.24, 2.45) is 0 Å². The second kappa shape index (κ2) is 7.87. The average Bonchev–Trinajstić information content (AvgIpc) is 3.01. The van der Waals surface area contributed by atoms with E-state index in [0.717, 1.165) is 0 Å². The zero-order valence-electron chi connectivity index (χ0n) is 21.5. The molecular formula is C33H35N. The van der Waals surface area contributed by atoms with E-state index >= 15 is 0 Å². The Labute approximate surface area is 205 Å². The zero-order valence-corrected chi connectivity index (χ0v) is 21.5. The average molecular weight is 446 g/mol. The monoisotopic (exact) mass is 445 g/mol. The summed E-state index contributed by atoms with van der Waals surface area (Å²) < 4.78 is 0. The van der Waals surface area contributed by atoms with E-state index in [2.05, 4.69) is 138 Å². The molecule has 0 spiro atoms. The number of hydrogen-bond acceptors (Lipinski definition) is 1. The number of nitrogens with zero attached hydrogens (tertiary/aromatic N) is 1. The summed E-state index contributed by atoms with van der Waals surface area (Å²) in [6.07, 6.45) is 0. The van der Waals surface area contributed by atoms with Crippen LogP contribution in [-0.2, 0) is 5.41 Å². The lowest BCUT2D eigenvalue weighted by atomic mass is 9.81. The molecule has 0 fully saturated rings. The van der Waals surface area contributed by atoms with Crippen molar-refractivity contribution in [1.29, 1.82) is 0 Å². The molecule has 1 heteroatoms. The van der Waals surface area contributed by atoms with Gasteiger partial charge in [0.25, 0.3) is 0 Å². The Morgan fingerprint density at radius 1 is 0.588 bits per heavy atom. The van der Waals surface area contributed by atoms with Crippen molar-refractivity contribution in [3.63, 3.8) is 0 Å². The molecule has 172 valence electrons. The van der Waals surface area contributed by atoms with Crippen LogP contribution >= 0.6 is 0 Å². The van der Waals surface area contributed by atoms with Crippen molar-refractivity contribution in [3.8, 4) is 22.3 Å². The van der Waals surface area contributed by atoms with Gasteiger partial charge in [-0.05, 0) is 97.3 Å². The zero-order chi connectivity index (χ0) is 24.3. The van der Waals surface area contributed by atoms with E-state index in [9.17, 15) is 0 Å². The molecule has 1 aliphatic rings. The molecule has 1 aliphatic carbocycles. The summed E-state index contributed by atoms with van der Waals surface area (Å²) >= 11 is 0. The van der Waals surface area contributed by atoms with Gasteiger partial charge in [-0.2, -0.15) is 0 Å². The van der Waals surface area contributed by atoms with E-state index in [1.807, 2.05) is 0 Å². The summed E-state index contributed by atoms with van der Waals surface area (Å²) in [6, 6.07) is 31.3. The molecule has 4 aromatic rings. The van der Waals surface area contributed by atoms with E-state index in [-0.39, 0.29) is 11.0 Å². The number of hydrogen-bond donors (Lipinski definition) is 0. The van der Waals surface area contributed by atoms with Crippen LogP contribution in [0, 0.1) is 13.8 Å². The van der Waals surface area contributed by atoms with Crippen LogP contribution in [0.15, 0.2) is 84.9 Å². The molecule has 0 saturated heterocycles. The van der Waals surface area contributed by atoms with Crippen LogP contribution in [0.2, 0.25) is 0 Å². The van der Waals surface area contributed by atoms with Crippen molar-refractivity contribution in [1.82, 2.24) is 0 Å². The van der Waals surface area contributed by atoms with Gasteiger partial charge in [-0.15, -0.1) is 0 Å². The maximum atomic E-state index is 2.52. The maximum Gasteiger partial charge on any atom is 0.0451 e. The fraction of sp³-hybridized carbons (Fsp3) is 0.273. The molecule has 0 unspecified atom stereocenters. The van der Waals surface area contributed by atoms with Crippen LogP contribution in [-0.4, -0.2) is 5.54 Å². The molecule has 0 atom stereocenters.